The van der Waals surface area contributed by atoms with Crippen molar-refractivity contribution >= 4 is 5.78 Å². The van der Waals surface area contributed by atoms with Crippen LogP contribution in [-0.2, 0) is 4.79 Å². The molecular formula is C17H22O. The molecule has 1 fully saturated rings. The van der Waals surface area contributed by atoms with E-state index in [1.54, 1.807) is 0 Å². The zero-order chi connectivity index (χ0) is 13.1. The van der Waals surface area contributed by atoms with Crippen LogP contribution in [0.1, 0.15) is 47.0 Å². The Morgan fingerprint density at radius 1 is 1.22 bits per heavy atom. The van der Waals surface area contributed by atoms with E-state index in [1.807, 2.05) is 0 Å². The number of Topliss-reactive ketones (excluding diaryl/α,β-unsaturated/α-hetero) is 1. The molecule has 0 saturated heterocycles. The Labute approximate surface area is 110 Å². The SMILES string of the molecule is CC1(C)C=C2C=C3C(=O)CCC3C=C2C(C)(C)C1. The average molecular weight is 242 g/mol. The van der Waals surface area contributed by atoms with E-state index >= 15 is 0 Å². The van der Waals surface area contributed by atoms with Crippen molar-refractivity contribution in [1.82, 2.24) is 0 Å². The van der Waals surface area contributed by atoms with Crippen molar-refractivity contribution in [1.29, 1.82) is 0 Å². The van der Waals surface area contributed by atoms with Gasteiger partial charge < -0.3 is 0 Å². The number of carbonyl (C=O) groups is 1. The molecule has 1 saturated carbocycles. The molecule has 0 aromatic heterocycles. The summed E-state index contributed by atoms with van der Waals surface area (Å²) >= 11 is 0. The minimum absolute atomic E-state index is 0.223. The van der Waals surface area contributed by atoms with E-state index in [9.17, 15) is 4.79 Å². The van der Waals surface area contributed by atoms with Crippen LogP contribution in [0.4, 0.5) is 0 Å². The van der Waals surface area contributed by atoms with Crippen LogP contribution in [0.3, 0.4) is 0 Å². The van der Waals surface area contributed by atoms with Gasteiger partial charge in [0.2, 0.25) is 0 Å². The summed E-state index contributed by atoms with van der Waals surface area (Å²) < 4.78 is 0. The molecule has 0 aromatic carbocycles. The smallest absolute Gasteiger partial charge is 0.159 e. The van der Waals surface area contributed by atoms with Crippen LogP contribution in [0.25, 0.3) is 0 Å². The number of allylic oxidation sites excluding steroid dienone is 6. The summed E-state index contributed by atoms with van der Waals surface area (Å²) in [4.78, 5) is 11.9. The van der Waals surface area contributed by atoms with Crippen molar-refractivity contribution in [2.24, 2.45) is 16.7 Å². The van der Waals surface area contributed by atoms with E-state index in [4.69, 9.17) is 0 Å². The van der Waals surface area contributed by atoms with Gasteiger partial charge in [0.1, 0.15) is 0 Å². The maximum Gasteiger partial charge on any atom is 0.159 e. The van der Waals surface area contributed by atoms with Gasteiger partial charge in [-0.1, -0.05) is 39.8 Å². The molecule has 96 valence electrons. The first-order valence-corrected chi connectivity index (χ1v) is 6.99. The second-order valence-electron chi connectivity index (χ2n) is 7.40. The van der Waals surface area contributed by atoms with Crippen molar-refractivity contribution < 1.29 is 4.79 Å². The minimum Gasteiger partial charge on any atom is -0.295 e. The first kappa shape index (κ1) is 12.0. The van der Waals surface area contributed by atoms with E-state index in [0.29, 0.717) is 11.7 Å². The van der Waals surface area contributed by atoms with Crippen LogP contribution in [0.2, 0.25) is 0 Å². The molecule has 1 atom stereocenters. The fourth-order valence-electron chi connectivity index (χ4n) is 4.14. The van der Waals surface area contributed by atoms with Gasteiger partial charge in [0, 0.05) is 17.9 Å². The summed E-state index contributed by atoms with van der Waals surface area (Å²) in [5.41, 5.74) is 4.27. The van der Waals surface area contributed by atoms with E-state index in [2.05, 4.69) is 45.9 Å². The van der Waals surface area contributed by atoms with Crippen molar-refractivity contribution in [2.45, 2.75) is 47.0 Å². The van der Waals surface area contributed by atoms with E-state index in [1.165, 1.54) is 17.6 Å². The summed E-state index contributed by atoms with van der Waals surface area (Å²) in [5, 5.41) is 0. The summed E-state index contributed by atoms with van der Waals surface area (Å²) in [7, 11) is 0. The zero-order valence-corrected chi connectivity index (χ0v) is 11.8. The number of fused-ring (bicyclic) bond motifs is 2. The van der Waals surface area contributed by atoms with Gasteiger partial charge >= 0.3 is 0 Å². The molecular weight excluding hydrogens is 220 g/mol. The lowest BCUT2D eigenvalue weighted by Gasteiger charge is -2.43. The van der Waals surface area contributed by atoms with Crippen LogP contribution in [0.5, 0.6) is 0 Å². The van der Waals surface area contributed by atoms with Gasteiger partial charge in [0.05, 0.1) is 0 Å². The fraction of sp³-hybridized carbons (Fsp3) is 0.588. The molecule has 1 unspecified atom stereocenters. The number of hydrogen-bond acceptors (Lipinski definition) is 1. The van der Waals surface area contributed by atoms with Gasteiger partial charge in [-0.05, 0) is 40.9 Å². The highest BCUT2D eigenvalue weighted by atomic mass is 16.1. The maximum absolute atomic E-state index is 11.9. The van der Waals surface area contributed by atoms with Crippen LogP contribution in [-0.4, -0.2) is 5.78 Å². The molecule has 3 aliphatic rings. The highest BCUT2D eigenvalue weighted by Gasteiger charge is 2.40. The van der Waals surface area contributed by atoms with E-state index < -0.39 is 0 Å². The molecule has 0 radical (unpaired) electrons. The molecule has 0 N–H and O–H groups in total. The predicted octanol–water partition coefficient (Wildman–Crippen LogP) is 4.21. The Morgan fingerprint density at radius 3 is 2.67 bits per heavy atom. The lowest BCUT2D eigenvalue weighted by atomic mass is 9.62. The molecule has 0 amide bonds. The minimum atomic E-state index is 0.223. The van der Waals surface area contributed by atoms with Gasteiger partial charge in [-0.2, -0.15) is 0 Å². The standard InChI is InChI=1S/C17H22O/c1-16(2)9-12-7-13-11(5-6-15(13)18)8-14(12)17(3,4)10-16/h7-9,11H,5-6,10H2,1-4H3. The van der Waals surface area contributed by atoms with E-state index in [0.717, 1.165) is 18.4 Å². The van der Waals surface area contributed by atoms with E-state index in [-0.39, 0.29) is 10.8 Å². The Morgan fingerprint density at radius 2 is 1.94 bits per heavy atom. The molecule has 1 nitrogen and oxygen atoms in total. The summed E-state index contributed by atoms with van der Waals surface area (Å²) in [5.74, 6) is 0.752. The highest BCUT2D eigenvalue weighted by Crippen LogP contribution is 2.52. The van der Waals surface area contributed by atoms with Crippen molar-refractivity contribution in [3.8, 4) is 0 Å². The maximum atomic E-state index is 11.9. The second kappa shape index (κ2) is 3.46. The van der Waals surface area contributed by atoms with Crippen molar-refractivity contribution in [3.63, 3.8) is 0 Å². The second-order valence-corrected chi connectivity index (χ2v) is 7.40. The van der Waals surface area contributed by atoms with Gasteiger partial charge in [-0.25, -0.2) is 0 Å². The Hall–Kier alpha value is -1.11. The topological polar surface area (TPSA) is 17.1 Å². The lowest BCUT2D eigenvalue weighted by molar-refractivity contribution is -0.114. The predicted molar refractivity (Wildman–Crippen MR) is 74.2 cm³/mol. The normalized spacial score (nSPS) is 32.1. The van der Waals surface area contributed by atoms with Crippen LogP contribution >= 0.6 is 0 Å². The number of ketones is 1. The Balaban J connectivity index is 2.13. The molecule has 0 aromatic rings. The molecule has 0 bridgehead atoms. The summed E-state index contributed by atoms with van der Waals surface area (Å²) in [6.07, 6.45) is 9.84. The molecule has 1 heteroatoms. The van der Waals surface area contributed by atoms with Crippen molar-refractivity contribution in [3.05, 3.63) is 34.9 Å². The highest BCUT2D eigenvalue weighted by molar-refractivity contribution is 5.99. The van der Waals surface area contributed by atoms with Gasteiger partial charge in [-0.3, -0.25) is 4.79 Å². The number of hydrogen-bond donors (Lipinski definition) is 0. The molecule has 3 aliphatic carbocycles. The first-order chi connectivity index (χ1) is 8.28. The fourth-order valence-corrected chi connectivity index (χ4v) is 4.14. The average Bonchev–Trinajstić information content (AvgIpc) is 2.55. The molecule has 0 spiro atoms. The summed E-state index contributed by atoms with van der Waals surface area (Å²) in [6, 6.07) is 0. The Kier molecular flexibility index (Phi) is 2.30. The molecule has 3 rings (SSSR count). The zero-order valence-electron chi connectivity index (χ0n) is 11.8. The quantitative estimate of drug-likeness (QED) is 0.621. The lowest BCUT2D eigenvalue weighted by Crippen LogP contribution is -2.31. The summed E-state index contributed by atoms with van der Waals surface area (Å²) in [6.45, 7) is 9.26. The molecule has 0 heterocycles. The molecule has 18 heavy (non-hydrogen) atoms. The van der Waals surface area contributed by atoms with Gasteiger partial charge in [0.25, 0.3) is 0 Å². The van der Waals surface area contributed by atoms with Crippen LogP contribution in [0.15, 0.2) is 34.9 Å². The van der Waals surface area contributed by atoms with Crippen LogP contribution in [0, 0.1) is 16.7 Å². The third-order valence-electron chi connectivity index (χ3n) is 4.57. The third kappa shape index (κ3) is 1.72. The number of carbonyl (C=O) groups excluding carboxylic acids is 1. The van der Waals surface area contributed by atoms with Crippen molar-refractivity contribution in [2.75, 3.05) is 0 Å². The van der Waals surface area contributed by atoms with Gasteiger partial charge in [0.15, 0.2) is 5.78 Å². The first-order valence-electron chi connectivity index (χ1n) is 6.99. The molecule has 0 aliphatic heterocycles. The largest absolute Gasteiger partial charge is 0.295 e. The number of rotatable bonds is 0. The third-order valence-corrected chi connectivity index (χ3v) is 4.57. The van der Waals surface area contributed by atoms with Crippen LogP contribution < -0.4 is 0 Å². The Bertz CT molecular complexity index is 512. The van der Waals surface area contributed by atoms with Gasteiger partial charge in [-0.15, -0.1) is 0 Å². The monoisotopic (exact) mass is 242 g/mol.